The van der Waals surface area contributed by atoms with Crippen LogP contribution in [0.4, 0.5) is 16.0 Å². The van der Waals surface area contributed by atoms with E-state index in [1.54, 1.807) is 23.6 Å². The van der Waals surface area contributed by atoms with E-state index in [9.17, 15) is 18.0 Å². The molecule has 3 aromatic rings. The Morgan fingerprint density at radius 3 is 2.46 bits per heavy atom. The molecular formula is C39H49Cl2N9O4S3. The number of anilines is 3. The number of hydrogen-bond donors (Lipinski definition) is 2. The molecular weight excluding hydrogens is 826 g/mol. The number of amidine groups is 1. The summed E-state index contributed by atoms with van der Waals surface area (Å²) in [6.07, 6.45) is 18.9. The van der Waals surface area contributed by atoms with Gasteiger partial charge in [0.1, 0.15) is 22.3 Å². The van der Waals surface area contributed by atoms with Crippen molar-refractivity contribution in [1.82, 2.24) is 25.1 Å². The van der Waals surface area contributed by atoms with Crippen molar-refractivity contribution in [3.8, 4) is 10.6 Å². The van der Waals surface area contributed by atoms with Crippen LogP contribution < -0.4 is 20.4 Å². The van der Waals surface area contributed by atoms with Gasteiger partial charge in [-0.2, -0.15) is 0 Å². The third-order valence-electron chi connectivity index (χ3n) is 10.9. The van der Waals surface area contributed by atoms with Crippen LogP contribution in [0, 0.1) is 5.92 Å². The maximum absolute atomic E-state index is 13.5. The van der Waals surface area contributed by atoms with Gasteiger partial charge in [-0.25, -0.2) is 18.4 Å². The third-order valence-corrected chi connectivity index (χ3v) is 14.0. The number of amides is 2. The average Bonchev–Trinajstić information content (AvgIpc) is 3.77. The normalized spacial score (nSPS) is 19.6. The minimum Gasteiger partial charge on any atom is -0.359 e. The molecule has 13 nitrogen and oxygen atoms in total. The fraction of sp³-hybridized carbons (Fsp3) is 0.513. The van der Waals surface area contributed by atoms with E-state index in [1.165, 1.54) is 49.6 Å². The lowest BCUT2D eigenvalue weighted by molar-refractivity contribution is -0.125. The molecule has 306 valence electrons. The summed E-state index contributed by atoms with van der Waals surface area (Å²) in [7, 11) is -3.53. The SMILES string of the molecule is CS(=O)(=O)N=C1CC=CC=CN1CCCNC(=O)C1CCN(c2ncc(C(=O)Nc3nc(-c4cc(Cl)cs4)c(N4CCN(C5CCCCC5)CC4)s3)cc2Cl)CC1. The van der Waals surface area contributed by atoms with Crippen LogP contribution >= 0.6 is 45.9 Å². The number of thiazole rings is 1. The highest BCUT2D eigenvalue weighted by Gasteiger charge is 2.30. The molecule has 2 amide bonds. The maximum Gasteiger partial charge on any atom is 0.259 e. The molecule has 6 heterocycles. The molecule has 0 unspecified atom stereocenters. The van der Waals surface area contributed by atoms with Crippen molar-refractivity contribution in [2.24, 2.45) is 10.3 Å². The zero-order valence-electron chi connectivity index (χ0n) is 32.0. The lowest BCUT2D eigenvalue weighted by Gasteiger charge is -2.41. The highest BCUT2D eigenvalue weighted by Crippen LogP contribution is 2.42. The highest BCUT2D eigenvalue weighted by molar-refractivity contribution is 7.89. The number of sulfonamides is 1. The second-order valence-corrected chi connectivity index (χ2v) is 19.3. The number of piperazine rings is 1. The van der Waals surface area contributed by atoms with Crippen LogP contribution in [-0.2, 0) is 14.8 Å². The van der Waals surface area contributed by atoms with Crippen LogP contribution in [0.5, 0.6) is 0 Å². The van der Waals surface area contributed by atoms with Gasteiger partial charge < -0.3 is 20.0 Å². The summed E-state index contributed by atoms with van der Waals surface area (Å²) in [4.78, 5) is 45.9. The van der Waals surface area contributed by atoms with Gasteiger partial charge in [0.15, 0.2) is 5.13 Å². The van der Waals surface area contributed by atoms with Gasteiger partial charge in [0.05, 0.1) is 26.7 Å². The highest BCUT2D eigenvalue weighted by atomic mass is 35.5. The first kappa shape index (κ1) is 41.6. The van der Waals surface area contributed by atoms with Gasteiger partial charge in [-0.3, -0.25) is 19.8 Å². The summed E-state index contributed by atoms with van der Waals surface area (Å²) in [5.41, 5.74) is 1.17. The number of pyridine rings is 1. The Labute approximate surface area is 352 Å². The standard InChI is InChI=1S/C39H49Cl2N9O4S3/c1-57(53,54)46-33-11-6-3-7-15-48(33)16-8-14-42-36(51)27-12-17-49(18-13-27)35-31(41)23-28(25-43-35)37(52)45-39-44-34(32-24-29(40)26-55-32)38(56-39)50-21-19-47(20-22-50)30-9-4-2-5-10-30/h3,6-7,15,23-27,30H,2,4-5,8-14,16-22H2,1H3,(H,42,51)(H,44,45,52). The molecule has 2 saturated heterocycles. The quantitative estimate of drug-likeness (QED) is 0.181. The van der Waals surface area contributed by atoms with E-state index in [4.69, 9.17) is 28.2 Å². The largest absolute Gasteiger partial charge is 0.359 e. The molecule has 0 bridgehead atoms. The van der Waals surface area contributed by atoms with Crippen molar-refractivity contribution >= 4 is 89.5 Å². The van der Waals surface area contributed by atoms with Crippen molar-refractivity contribution in [2.75, 3.05) is 73.7 Å². The van der Waals surface area contributed by atoms with Crippen molar-refractivity contribution < 1.29 is 18.0 Å². The summed E-state index contributed by atoms with van der Waals surface area (Å²) < 4.78 is 27.4. The number of nitrogens with zero attached hydrogens (tertiary/aromatic N) is 7. The predicted molar refractivity (Wildman–Crippen MR) is 233 cm³/mol. The Hall–Kier alpha value is -3.54. The Morgan fingerprint density at radius 1 is 0.982 bits per heavy atom. The van der Waals surface area contributed by atoms with Gasteiger partial charge in [0.2, 0.25) is 5.91 Å². The fourth-order valence-corrected chi connectivity index (χ4v) is 10.9. The monoisotopic (exact) mass is 873 g/mol. The Balaban J connectivity index is 0.910. The summed E-state index contributed by atoms with van der Waals surface area (Å²) in [6, 6.07) is 4.26. The Kier molecular flexibility index (Phi) is 13.9. The van der Waals surface area contributed by atoms with E-state index in [0.717, 1.165) is 48.0 Å². The van der Waals surface area contributed by atoms with Crippen LogP contribution in [0.2, 0.25) is 10.0 Å². The summed E-state index contributed by atoms with van der Waals surface area (Å²) in [5.74, 6) is 0.551. The second-order valence-electron chi connectivity index (χ2n) is 14.9. The minimum absolute atomic E-state index is 0.00351. The minimum atomic E-state index is -3.53. The zero-order valence-corrected chi connectivity index (χ0v) is 36.0. The van der Waals surface area contributed by atoms with Gasteiger partial charge in [0, 0.05) is 88.5 Å². The number of rotatable bonds is 12. The van der Waals surface area contributed by atoms with Gasteiger partial charge in [-0.05, 0) is 50.3 Å². The number of piperidine rings is 1. The van der Waals surface area contributed by atoms with Crippen molar-refractivity contribution in [3.05, 3.63) is 63.7 Å². The van der Waals surface area contributed by atoms with E-state index in [2.05, 4.69) is 34.7 Å². The number of carbonyl (C=O) groups is 2. The molecule has 0 spiro atoms. The number of allylic oxidation sites excluding steroid dienone is 2. The molecule has 1 saturated carbocycles. The molecule has 3 aliphatic heterocycles. The van der Waals surface area contributed by atoms with Crippen molar-refractivity contribution in [1.29, 1.82) is 0 Å². The number of hydrogen-bond acceptors (Lipinski definition) is 11. The first-order valence-electron chi connectivity index (χ1n) is 19.6. The van der Waals surface area contributed by atoms with E-state index >= 15 is 0 Å². The van der Waals surface area contributed by atoms with Gasteiger partial charge in [0.25, 0.3) is 15.9 Å². The molecule has 7 rings (SSSR count). The predicted octanol–water partition coefficient (Wildman–Crippen LogP) is 7.14. The van der Waals surface area contributed by atoms with Crippen LogP contribution in [0.25, 0.3) is 10.6 Å². The molecule has 2 N–H and O–H groups in total. The molecule has 4 aliphatic rings. The van der Waals surface area contributed by atoms with Crippen LogP contribution in [0.15, 0.2) is 52.5 Å². The molecule has 18 heteroatoms. The Bertz CT molecular complexity index is 2100. The Morgan fingerprint density at radius 2 is 1.75 bits per heavy atom. The van der Waals surface area contributed by atoms with E-state index in [1.807, 2.05) is 34.6 Å². The number of carbonyl (C=O) groups excluding carboxylic acids is 2. The smallest absolute Gasteiger partial charge is 0.259 e. The van der Waals surface area contributed by atoms with Crippen LogP contribution in [-0.4, -0.2) is 110 Å². The van der Waals surface area contributed by atoms with Gasteiger partial charge >= 0.3 is 0 Å². The lowest BCUT2D eigenvalue weighted by atomic mass is 9.94. The fourth-order valence-electron chi connectivity index (χ4n) is 7.92. The van der Waals surface area contributed by atoms with E-state index in [0.29, 0.717) is 90.3 Å². The van der Waals surface area contributed by atoms with Crippen molar-refractivity contribution in [3.63, 3.8) is 0 Å². The summed E-state index contributed by atoms with van der Waals surface area (Å²) >= 11 is 16.1. The molecule has 57 heavy (non-hydrogen) atoms. The van der Waals surface area contributed by atoms with E-state index in [-0.39, 0.29) is 17.7 Å². The van der Waals surface area contributed by atoms with Crippen LogP contribution in [0.3, 0.4) is 0 Å². The third kappa shape index (κ3) is 10.9. The first-order chi connectivity index (χ1) is 27.5. The number of thiophene rings is 1. The second kappa shape index (κ2) is 19.0. The number of halogens is 2. The van der Waals surface area contributed by atoms with Crippen LogP contribution in [0.1, 0.15) is 68.1 Å². The van der Waals surface area contributed by atoms with Crippen molar-refractivity contribution in [2.45, 2.75) is 63.8 Å². The topological polar surface area (TPSA) is 143 Å². The molecule has 0 radical (unpaired) electrons. The number of aromatic nitrogens is 2. The molecule has 1 aliphatic carbocycles. The van der Waals surface area contributed by atoms with Gasteiger partial charge in [-0.1, -0.05) is 66.0 Å². The number of nitrogens with one attached hydrogen (secondary N) is 2. The lowest BCUT2D eigenvalue weighted by Crippen LogP contribution is -2.50. The molecule has 0 atom stereocenters. The first-order valence-corrected chi connectivity index (χ1v) is 23.9. The zero-order chi connectivity index (χ0) is 39.9. The maximum atomic E-state index is 13.5. The molecule has 3 fully saturated rings. The average molecular weight is 875 g/mol. The van der Waals surface area contributed by atoms with E-state index < -0.39 is 10.0 Å². The van der Waals surface area contributed by atoms with Gasteiger partial charge in [-0.15, -0.1) is 15.7 Å². The summed E-state index contributed by atoms with van der Waals surface area (Å²) in [5, 5.41) is 10.5. The summed E-state index contributed by atoms with van der Waals surface area (Å²) in [6.45, 7) is 6.02. The molecule has 0 aromatic carbocycles. The molecule has 3 aromatic heterocycles.